The SMILES string of the molecule is COc1cc2c(cc1Br)-c1c(-c3cccs3)nc(C(=O)N3CCC[C@@]3(C)[C@@H](O)CC(F)(F)F)n1CC2. The highest BCUT2D eigenvalue weighted by atomic mass is 79.9. The number of ether oxygens (including phenoxy) is 1. The van der Waals surface area contributed by atoms with Gasteiger partial charge in [-0.1, -0.05) is 6.07 Å². The van der Waals surface area contributed by atoms with E-state index in [1.165, 1.54) is 23.2 Å². The standard InChI is InChI=1S/C25H25BrF3N3O3S/c1-24(19(33)13-25(27,28)29)7-4-8-32(24)23(34)22-30-20(18-5-3-10-36-18)21-15-12-16(26)17(35-2)11-14(15)6-9-31(21)22/h3,5,10-12,19,33H,4,6-9,13H2,1-2H3/t19-,24-/m0/s1. The maximum atomic E-state index is 13.9. The third-order valence-electron chi connectivity index (χ3n) is 7.22. The first-order valence-corrected chi connectivity index (χ1v) is 13.3. The Bertz CT molecular complexity index is 1310. The van der Waals surface area contributed by atoms with E-state index in [4.69, 9.17) is 9.72 Å². The van der Waals surface area contributed by atoms with Crippen LogP contribution in [0, 0.1) is 0 Å². The average molecular weight is 584 g/mol. The number of likely N-dealkylation sites (tertiary alicyclic amines) is 1. The van der Waals surface area contributed by atoms with Crippen LogP contribution in [0.3, 0.4) is 0 Å². The molecule has 0 aliphatic carbocycles. The fourth-order valence-electron chi connectivity index (χ4n) is 5.33. The maximum Gasteiger partial charge on any atom is 0.391 e. The zero-order chi connectivity index (χ0) is 25.8. The number of carbonyl (C=O) groups excluding carboxylic acids is 1. The number of aromatic nitrogens is 2. The van der Waals surface area contributed by atoms with Gasteiger partial charge in [0.1, 0.15) is 11.4 Å². The lowest BCUT2D eigenvalue weighted by Crippen LogP contribution is -2.54. The van der Waals surface area contributed by atoms with Crippen molar-refractivity contribution in [2.24, 2.45) is 0 Å². The molecule has 36 heavy (non-hydrogen) atoms. The van der Waals surface area contributed by atoms with Gasteiger partial charge in [-0.05, 0) is 71.3 Å². The summed E-state index contributed by atoms with van der Waals surface area (Å²) in [5.41, 5.74) is 2.10. The number of amides is 1. The van der Waals surface area contributed by atoms with Gasteiger partial charge in [0.25, 0.3) is 5.91 Å². The van der Waals surface area contributed by atoms with Crippen molar-refractivity contribution in [3.63, 3.8) is 0 Å². The second kappa shape index (κ2) is 9.18. The molecular weight excluding hydrogens is 559 g/mol. The minimum atomic E-state index is -4.53. The number of aryl methyl sites for hydroxylation is 1. The van der Waals surface area contributed by atoms with Crippen LogP contribution < -0.4 is 4.74 Å². The Morgan fingerprint density at radius 2 is 2.14 bits per heavy atom. The molecule has 1 saturated heterocycles. The quantitative estimate of drug-likeness (QED) is 0.405. The zero-order valence-electron chi connectivity index (χ0n) is 19.7. The van der Waals surface area contributed by atoms with Crippen molar-refractivity contribution >= 4 is 33.2 Å². The van der Waals surface area contributed by atoms with Gasteiger partial charge in [-0.25, -0.2) is 4.98 Å². The molecule has 192 valence electrons. The molecule has 0 spiro atoms. The Kier molecular flexibility index (Phi) is 6.45. The van der Waals surface area contributed by atoms with Gasteiger partial charge >= 0.3 is 6.18 Å². The molecule has 0 unspecified atom stereocenters. The number of hydrogen-bond donors (Lipinski definition) is 1. The molecule has 1 aromatic carbocycles. The fraction of sp³-hybridized carbons (Fsp3) is 0.440. The van der Waals surface area contributed by atoms with Crippen LogP contribution in [-0.2, 0) is 13.0 Å². The number of imidazole rings is 1. The molecule has 6 nitrogen and oxygen atoms in total. The normalized spacial score (nSPS) is 20.2. The van der Waals surface area contributed by atoms with Crippen molar-refractivity contribution in [1.29, 1.82) is 0 Å². The second-order valence-corrected chi connectivity index (χ2v) is 11.2. The molecule has 4 heterocycles. The van der Waals surface area contributed by atoms with Gasteiger partial charge in [-0.2, -0.15) is 13.2 Å². The van der Waals surface area contributed by atoms with E-state index in [0.29, 0.717) is 30.8 Å². The van der Waals surface area contributed by atoms with E-state index >= 15 is 0 Å². The number of halogens is 4. The highest BCUT2D eigenvalue weighted by molar-refractivity contribution is 9.10. The molecule has 2 aromatic heterocycles. The van der Waals surface area contributed by atoms with Crippen LogP contribution in [-0.4, -0.2) is 56.9 Å². The molecule has 0 saturated carbocycles. The number of carbonyl (C=O) groups is 1. The summed E-state index contributed by atoms with van der Waals surface area (Å²) in [6, 6.07) is 7.77. The average Bonchev–Trinajstić information content (AvgIpc) is 3.55. The van der Waals surface area contributed by atoms with E-state index in [1.54, 1.807) is 7.11 Å². The third-order valence-corrected chi connectivity index (χ3v) is 8.72. The van der Waals surface area contributed by atoms with Gasteiger partial charge in [0.05, 0.1) is 40.2 Å². The number of nitrogens with zero attached hydrogens (tertiary/aromatic N) is 3. The monoisotopic (exact) mass is 583 g/mol. The van der Waals surface area contributed by atoms with E-state index in [-0.39, 0.29) is 18.8 Å². The predicted molar refractivity (Wildman–Crippen MR) is 134 cm³/mol. The van der Waals surface area contributed by atoms with Crippen molar-refractivity contribution in [2.75, 3.05) is 13.7 Å². The van der Waals surface area contributed by atoms with Crippen LogP contribution in [0.15, 0.2) is 34.1 Å². The summed E-state index contributed by atoms with van der Waals surface area (Å²) in [6.07, 6.45) is -6.18. The van der Waals surface area contributed by atoms with E-state index in [1.807, 2.05) is 34.2 Å². The van der Waals surface area contributed by atoms with Crippen LogP contribution in [0.4, 0.5) is 13.2 Å². The zero-order valence-corrected chi connectivity index (χ0v) is 22.1. The predicted octanol–water partition coefficient (Wildman–Crippen LogP) is 5.91. The Morgan fingerprint density at radius 3 is 2.81 bits per heavy atom. The van der Waals surface area contributed by atoms with Crippen molar-refractivity contribution in [3.8, 4) is 27.6 Å². The number of aliphatic hydroxyl groups is 1. The Hall–Kier alpha value is -2.37. The molecule has 0 bridgehead atoms. The number of benzene rings is 1. The van der Waals surface area contributed by atoms with Crippen LogP contribution >= 0.6 is 27.3 Å². The van der Waals surface area contributed by atoms with Gasteiger partial charge in [-0.3, -0.25) is 4.79 Å². The molecule has 1 amide bonds. The summed E-state index contributed by atoms with van der Waals surface area (Å²) in [6.45, 7) is 2.29. The van der Waals surface area contributed by atoms with Crippen LogP contribution in [0.2, 0.25) is 0 Å². The highest BCUT2D eigenvalue weighted by Crippen LogP contribution is 2.44. The Balaban J connectivity index is 1.61. The van der Waals surface area contributed by atoms with Crippen LogP contribution in [0.1, 0.15) is 42.4 Å². The maximum absolute atomic E-state index is 13.9. The fourth-order valence-corrected chi connectivity index (χ4v) is 6.55. The Morgan fingerprint density at radius 1 is 1.36 bits per heavy atom. The lowest BCUT2D eigenvalue weighted by atomic mass is 9.89. The molecule has 1 N–H and O–H groups in total. The van der Waals surface area contributed by atoms with E-state index < -0.39 is 30.1 Å². The number of methoxy groups -OCH3 is 1. The minimum absolute atomic E-state index is 0.179. The first-order chi connectivity index (χ1) is 17.0. The molecular formula is C25H25BrF3N3O3S. The van der Waals surface area contributed by atoms with Crippen molar-refractivity contribution in [1.82, 2.24) is 14.5 Å². The molecule has 1 fully saturated rings. The Labute approximate surface area is 218 Å². The number of aliphatic hydroxyl groups excluding tert-OH is 1. The van der Waals surface area contributed by atoms with Crippen LogP contribution in [0.5, 0.6) is 5.75 Å². The lowest BCUT2D eigenvalue weighted by molar-refractivity contribution is -0.166. The number of rotatable bonds is 5. The molecule has 0 radical (unpaired) electrons. The first kappa shape index (κ1) is 25.3. The summed E-state index contributed by atoms with van der Waals surface area (Å²) >= 11 is 5.06. The van der Waals surface area contributed by atoms with Crippen molar-refractivity contribution in [3.05, 3.63) is 45.5 Å². The number of fused-ring (bicyclic) bond motifs is 3. The van der Waals surface area contributed by atoms with E-state index in [2.05, 4.69) is 15.9 Å². The van der Waals surface area contributed by atoms with Crippen LogP contribution in [0.25, 0.3) is 21.8 Å². The summed E-state index contributed by atoms with van der Waals surface area (Å²) in [7, 11) is 1.60. The van der Waals surface area contributed by atoms with Gasteiger partial charge < -0.3 is 19.3 Å². The van der Waals surface area contributed by atoms with Gasteiger partial charge in [-0.15, -0.1) is 11.3 Å². The number of thiophene rings is 1. The third kappa shape index (κ3) is 4.24. The smallest absolute Gasteiger partial charge is 0.391 e. The van der Waals surface area contributed by atoms with E-state index in [0.717, 1.165) is 26.2 Å². The lowest BCUT2D eigenvalue weighted by Gasteiger charge is -2.39. The molecule has 2 aliphatic rings. The molecule has 2 atom stereocenters. The highest BCUT2D eigenvalue weighted by Gasteiger charge is 2.50. The van der Waals surface area contributed by atoms with Gasteiger partial charge in [0, 0.05) is 18.7 Å². The number of alkyl halides is 3. The van der Waals surface area contributed by atoms with Crippen molar-refractivity contribution < 1.29 is 27.8 Å². The molecule has 2 aliphatic heterocycles. The first-order valence-electron chi connectivity index (χ1n) is 11.6. The minimum Gasteiger partial charge on any atom is -0.496 e. The second-order valence-electron chi connectivity index (χ2n) is 9.41. The molecule has 11 heteroatoms. The molecule has 3 aromatic rings. The summed E-state index contributed by atoms with van der Waals surface area (Å²) < 4.78 is 47.4. The summed E-state index contributed by atoms with van der Waals surface area (Å²) in [5.74, 6) is 0.428. The summed E-state index contributed by atoms with van der Waals surface area (Å²) in [5, 5.41) is 12.5. The topological polar surface area (TPSA) is 67.6 Å². The van der Waals surface area contributed by atoms with Gasteiger partial charge in [0.15, 0.2) is 5.82 Å². The largest absolute Gasteiger partial charge is 0.496 e. The number of hydrogen-bond acceptors (Lipinski definition) is 5. The summed E-state index contributed by atoms with van der Waals surface area (Å²) in [4.78, 5) is 20.9. The van der Waals surface area contributed by atoms with E-state index in [9.17, 15) is 23.1 Å². The molecule has 5 rings (SSSR count). The van der Waals surface area contributed by atoms with Crippen molar-refractivity contribution in [2.45, 2.75) is 57.0 Å². The van der Waals surface area contributed by atoms with Gasteiger partial charge in [0.2, 0.25) is 0 Å².